The molecule has 0 amide bonds. The average Bonchev–Trinajstić information content (AvgIpc) is 3.00. The Kier molecular flexibility index (Phi) is 5.05. The van der Waals surface area contributed by atoms with Gasteiger partial charge in [-0.25, -0.2) is 19.7 Å². The van der Waals surface area contributed by atoms with Gasteiger partial charge in [0.05, 0.1) is 25.8 Å². The average molecular weight is 275 g/mol. The summed E-state index contributed by atoms with van der Waals surface area (Å²) in [6.07, 6.45) is 10.5. The lowest BCUT2D eigenvalue weighted by atomic mass is 10.3. The van der Waals surface area contributed by atoms with Crippen LogP contribution < -0.4 is 5.32 Å². The molecule has 0 aliphatic carbocycles. The number of carbonyl (C=O) groups excluding carboxylic acids is 1. The van der Waals surface area contributed by atoms with Crippen LogP contribution in [0.1, 0.15) is 23.3 Å². The number of imidazole rings is 1. The molecule has 1 N–H and O–H groups in total. The fourth-order valence-electron chi connectivity index (χ4n) is 1.68. The van der Waals surface area contributed by atoms with Gasteiger partial charge in [-0.3, -0.25) is 0 Å². The highest BCUT2D eigenvalue weighted by atomic mass is 16.5. The summed E-state index contributed by atoms with van der Waals surface area (Å²) in [5.41, 5.74) is 0.207. The van der Waals surface area contributed by atoms with Crippen molar-refractivity contribution >= 4 is 11.8 Å². The van der Waals surface area contributed by atoms with Crippen molar-refractivity contribution < 1.29 is 9.53 Å². The maximum Gasteiger partial charge on any atom is 0.358 e. The van der Waals surface area contributed by atoms with E-state index in [2.05, 4.69) is 25.0 Å². The molecule has 0 aromatic carbocycles. The van der Waals surface area contributed by atoms with E-state index in [1.54, 1.807) is 6.20 Å². The number of rotatable bonds is 7. The Hall–Kier alpha value is -2.44. The number of anilines is 1. The lowest BCUT2D eigenvalue weighted by Gasteiger charge is -2.06. The van der Waals surface area contributed by atoms with E-state index in [9.17, 15) is 4.79 Å². The van der Waals surface area contributed by atoms with Crippen LogP contribution in [0.4, 0.5) is 5.82 Å². The number of nitrogens with zero attached hydrogens (tertiary/aromatic N) is 4. The van der Waals surface area contributed by atoms with Gasteiger partial charge in [-0.15, -0.1) is 0 Å². The molecule has 7 nitrogen and oxygen atoms in total. The van der Waals surface area contributed by atoms with Crippen molar-refractivity contribution in [2.45, 2.75) is 19.4 Å². The molecule has 0 saturated heterocycles. The highest BCUT2D eigenvalue weighted by molar-refractivity contribution is 5.86. The van der Waals surface area contributed by atoms with Gasteiger partial charge in [0.2, 0.25) is 0 Å². The summed E-state index contributed by atoms with van der Waals surface area (Å²) in [6.45, 7) is 1.76. The normalized spacial score (nSPS) is 10.2. The first-order valence-electron chi connectivity index (χ1n) is 6.39. The van der Waals surface area contributed by atoms with Crippen molar-refractivity contribution in [1.82, 2.24) is 19.5 Å². The minimum Gasteiger partial charge on any atom is -0.464 e. The standard InChI is InChI=1S/C13H17N5O2/c1-20-13(19)11-8-17-12(9-16-11)15-4-2-3-6-18-7-5-14-10-18/h5,7-10H,2-4,6H2,1H3,(H,15,17). The van der Waals surface area contributed by atoms with Gasteiger partial charge in [0, 0.05) is 25.5 Å². The van der Waals surface area contributed by atoms with Gasteiger partial charge in [0.1, 0.15) is 5.82 Å². The topological polar surface area (TPSA) is 81.9 Å². The first kappa shape index (κ1) is 14.0. The van der Waals surface area contributed by atoms with Gasteiger partial charge in [0.15, 0.2) is 5.69 Å². The molecule has 0 atom stereocenters. The smallest absolute Gasteiger partial charge is 0.358 e. The first-order chi connectivity index (χ1) is 9.79. The zero-order valence-electron chi connectivity index (χ0n) is 11.3. The molecular formula is C13H17N5O2. The number of carbonyl (C=O) groups is 1. The molecule has 0 unspecified atom stereocenters. The second-order valence-corrected chi connectivity index (χ2v) is 4.21. The van der Waals surface area contributed by atoms with Gasteiger partial charge < -0.3 is 14.6 Å². The van der Waals surface area contributed by atoms with Crippen molar-refractivity contribution in [3.8, 4) is 0 Å². The molecule has 0 aliphatic heterocycles. The van der Waals surface area contributed by atoms with Crippen LogP contribution in [0, 0.1) is 0 Å². The minimum absolute atomic E-state index is 0.207. The molecule has 0 saturated carbocycles. The van der Waals surface area contributed by atoms with Crippen molar-refractivity contribution in [2.24, 2.45) is 0 Å². The highest BCUT2D eigenvalue weighted by Gasteiger charge is 2.06. The van der Waals surface area contributed by atoms with E-state index in [1.165, 1.54) is 19.5 Å². The number of unbranched alkanes of at least 4 members (excludes halogenated alkanes) is 1. The fraction of sp³-hybridized carbons (Fsp3) is 0.385. The van der Waals surface area contributed by atoms with Crippen LogP contribution in [0.5, 0.6) is 0 Å². The molecule has 2 rings (SSSR count). The Morgan fingerprint density at radius 1 is 1.35 bits per heavy atom. The second kappa shape index (κ2) is 7.22. The fourth-order valence-corrected chi connectivity index (χ4v) is 1.68. The summed E-state index contributed by atoms with van der Waals surface area (Å²) in [4.78, 5) is 23.3. The number of hydrogen-bond donors (Lipinski definition) is 1. The van der Waals surface area contributed by atoms with Gasteiger partial charge in [-0.2, -0.15) is 0 Å². The van der Waals surface area contributed by atoms with Crippen LogP contribution >= 0.6 is 0 Å². The largest absolute Gasteiger partial charge is 0.464 e. The number of ether oxygens (including phenoxy) is 1. The summed E-state index contributed by atoms with van der Waals surface area (Å²) in [5.74, 6) is 0.171. The van der Waals surface area contributed by atoms with E-state index >= 15 is 0 Å². The van der Waals surface area contributed by atoms with E-state index in [0.29, 0.717) is 5.82 Å². The number of aryl methyl sites for hydroxylation is 1. The van der Waals surface area contributed by atoms with Gasteiger partial charge in [0.25, 0.3) is 0 Å². The van der Waals surface area contributed by atoms with Crippen LogP contribution in [-0.2, 0) is 11.3 Å². The molecule has 0 bridgehead atoms. The molecule has 0 fully saturated rings. The van der Waals surface area contributed by atoms with E-state index in [0.717, 1.165) is 25.9 Å². The Bertz CT molecular complexity index is 524. The number of aromatic nitrogens is 4. The van der Waals surface area contributed by atoms with E-state index in [-0.39, 0.29) is 5.69 Å². The predicted octanol–water partition coefficient (Wildman–Crippen LogP) is 1.35. The van der Waals surface area contributed by atoms with Gasteiger partial charge in [-0.1, -0.05) is 0 Å². The predicted molar refractivity (Wildman–Crippen MR) is 73.3 cm³/mol. The number of nitrogens with one attached hydrogen (secondary N) is 1. The Morgan fingerprint density at radius 2 is 2.25 bits per heavy atom. The summed E-state index contributed by atoms with van der Waals surface area (Å²) >= 11 is 0. The summed E-state index contributed by atoms with van der Waals surface area (Å²) in [7, 11) is 1.32. The molecule has 7 heteroatoms. The molecule has 0 radical (unpaired) electrons. The van der Waals surface area contributed by atoms with Crippen molar-refractivity contribution in [2.75, 3.05) is 19.0 Å². The minimum atomic E-state index is -0.482. The third-order valence-electron chi connectivity index (χ3n) is 2.75. The Morgan fingerprint density at radius 3 is 2.90 bits per heavy atom. The Labute approximate surface area is 117 Å². The number of methoxy groups -OCH3 is 1. The highest BCUT2D eigenvalue weighted by Crippen LogP contribution is 2.03. The second-order valence-electron chi connectivity index (χ2n) is 4.21. The molecule has 2 aromatic rings. The van der Waals surface area contributed by atoms with Crippen molar-refractivity contribution in [3.63, 3.8) is 0 Å². The lowest BCUT2D eigenvalue weighted by Crippen LogP contribution is -2.08. The van der Waals surface area contributed by atoms with E-state index < -0.39 is 5.97 Å². The molecule has 0 aliphatic rings. The van der Waals surface area contributed by atoms with E-state index in [4.69, 9.17) is 0 Å². The van der Waals surface area contributed by atoms with Gasteiger partial charge >= 0.3 is 5.97 Å². The quantitative estimate of drug-likeness (QED) is 0.607. The maximum atomic E-state index is 11.2. The molecule has 2 aromatic heterocycles. The third kappa shape index (κ3) is 4.04. The zero-order valence-corrected chi connectivity index (χ0v) is 11.3. The summed E-state index contributed by atoms with van der Waals surface area (Å²) in [5, 5.41) is 3.16. The van der Waals surface area contributed by atoms with Crippen LogP contribution in [-0.4, -0.2) is 39.1 Å². The lowest BCUT2D eigenvalue weighted by molar-refractivity contribution is 0.0593. The maximum absolute atomic E-state index is 11.2. The van der Waals surface area contributed by atoms with Crippen molar-refractivity contribution in [1.29, 1.82) is 0 Å². The zero-order chi connectivity index (χ0) is 14.2. The van der Waals surface area contributed by atoms with Crippen LogP contribution in [0.25, 0.3) is 0 Å². The molecule has 106 valence electrons. The van der Waals surface area contributed by atoms with Crippen molar-refractivity contribution in [3.05, 3.63) is 36.8 Å². The molecule has 2 heterocycles. The first-order valence-corrected chi connectivity index (χ1v) is 6.39. The number of esters is 1. The monoisotopic (exact) mass is 275 g/mol. The number of hydrogen-bond acceptors (Lipinski definition) is 6. The SMILES string of the molecule is COC(=O)c1cnc(NCCCCn2ccnc2)cn1. The van der Waals surface area contributed by atoms with Crippen LogP contribution in [0.15, 0.2) is 31.1 Å². The van der Waals surface area contributed by atoms with E-state index in [1.807, 2.05) is 17.1 Å². The van der Waals surface area contributed by atoms with Crippen LogP contribution in [0.2, 0.25) is 0 Å². The van der Waals surface area contributed by atoms with Crippen LogP contribution in [0.3, 0.4) is 0 Å². The van der Waals surface area contributed by atoms with Gasteiger partial charge in [-0.05, 0) is 12.8 Å². The Balaban J connectivity index is 1.67. The summed E-state index contributed by atoms with van der Waals surface area (Å²) in [6, 6.07) is 0. The summed E-state index contributed by atoms with van der Waals surface area (Å²) < 4.78 is 6.60. The third-order valence-corrected chi connectivity index (χ3v) is 2.75. The molecule has 0 spiro atoms. The molecular weight excluding hydrogens is 258 g/mol. The molecule has 20 heavy (non-hydrogen) atoms.